The number of hydrogen-bond acceptors (Lipinski definition) is 2. The highest BCUT2D eigenvalue weighted by atomic mass is 19.4. The predicted octanol–water partition coefficient (Wildman–Crippen LogP) is 2.83. The Hall–Kier alpha value is -1.73. The van der Waals surface area contributed by atoms with Gasteiger partial charge in [0.1, 0.15) is 0 Å². The Labute approximate surface area is 99.0 Å². The molecule has 0 aromatic carbocycles. The first-order valence-electron chi connectivity index (χ1n) is 4.76. The lowest BCUT2D eigenvalue weighted by molar-refractivity contribution is -0.267. The fraction of sp³-hybridized carbons (Fsp3) is 0.400. The molecule has 0 aliphatic rings. The Bertz CT molecular complexity index is 470. The lowest BCUT2D eigenvalue weighted by atomic mass is 10.2. The van der Waals surface area contributed by atoms with Gasteiger partial charge in [-0.15, -0.1) is 0 Å². The van der Waals surface area contributed by atoms with Gasteiger partial charge in [-0.05, 0) is 26.0 Å². The second-order valence-corrected chi connectivity index (χ2v) is 3.61. The molecule has 3 nitrogen and oxygen atoms in total. The molecule has 1 N–H and O–H groups in total. The van der Waals surface area contributed by atoms with E-state index in [0.717, 1.165) is 0 Å². The van der Waals surface area contributed by atoms with Gasteiger partial charge < -0.3 is 5.32 Å². The van der Waals surface area contributed by atoms with Gasteiger partial charge in [-0.1, -0.05) is 0 Å². The molecule has 0 spiro atoms. The summed E-state index contributed by atoms with van der Waals surface area (Å²) < 4.78 is 61.1. The lowest BCUT2D eigenvalue weighted by Gasteiger charge is -2.19. The highest BCUT2D eigenvalue weighted by Gasteiger charge is 2.63. The van der Waals surface area contributed by atoms with Gasteiger partial charge in [-0.3, -0.25) is 9.78 Å². The van der Waals surface area contributed by atoms with Gasteiger partial charge in [0.2, 0.25) is 0 Å². The number of rotatable bonds is 2. The third-order valence-corrected chi connectivity index (χ3v) is 2.11. The Morgan fingerprint density at radius 2 is 1.72 bits per heavy atom. The van der Waals surface area contributed by atoms with E-state index in [1.165, 1.54) is 24.4 Å². The summed E-state index contributed by atoms with van der Waals surface area (Å²) in [6.45, 7) is 3.00. The average molecular weight is 268 g/mol. The molecule has 0 radical (unpaired) electrons. The van der Waals surface area contributed by atoms with Crippen LogP contribution in [-0.2, 0) is 4.79 Å². The van der Waals surface area contributed by atoms with Gasteiger partial charge in [-0.2, -0.15) is 22.0 Å². The van der Waals surface area contributed by atoms with E-state index in [0.29, 0.717) is 5.69 Å². The summed E-state index contributed by atoms with van der Waals surface area (Å²) in [6, 6.07) is 2.59. The van der Waals surface area contributed by atoms with Crippen LogP contribution in [0.15, 0.2) is 12.1 Å². The fourth-order valence-electron chi connectivity index (χ4n) is 1.15. The smallest absolute Gasteiger partial charge is 0.319 e. The van der Waals surface area contributed by atoms with Gasteiger partial charge in [0.05, 0.1) is 11.4 Å². The van der Waals surface area contributed by atoms with Gasteiger partial charge in [0, 0.05) is 5.69 Å². The number of aryl methyl sites for hydroxylation is 2. The molecule has 0 atom stereocenters. The summed E-state index contributed by atoms with van der Waals surface area (Å²) in [5.41, 5.74) is 0.518. The Kier molecular flexibility index (Phi) is 3.59. The number of amides is 1. The maximum Gasteiger partial charge on any atom is 0.463 e. The van der Waals surface area contributed by atoms with E-state index < -0.39 is 18.0 Å². The van der Waals surface area contributed by atoms with E-state index in [2.05, 4.69) is 4.98 Å². The first-order valence-corrected chi connectivity index (χ1v) is 4.76. The molecule has 0 unspecified atom stereocenters. The zero-order valence-corrected chi connectivity index (χ0v) is 9.40. The highest BCUT2D eigenvalue weighted by Crippen LogP contribution is 2.36. The van der Waals surface area contributed by atoms with Crippen LogP contribution >= 0.6 is 0 Å². The van der Waals surface area contributed by atoms with Crippen LogP contribution in [0.25, 0.3) is 0 Å². The van der Waals surface area contributed by atoms with Gasteiger partial charge in [-0.25, -0.2) is 0 Å². The normalized spacial score (nSPS) is 12.4. The first-order chi connectivity index (χ1) is 8.05. The lowest BCUT2D eigenvalue weighted by Crippen LogP contribution is -2.47. The predicted molar refractivity (Wildman–Crippen MR) is 53.3 cm³/mol. The van der Waals surface area contributed by atoms with Crippen LogP contribution in [0.2, 0.25) is 0 Å². The Morgan fingerprint density at radius 3 is 2.17 bits per heavy atom. The number of alkyl halides is 5. The second-order valence-electron chi connectivity index (χ2n) is 3.61. The number of nitrogens with one attached hydrogen (secondary N) is 1. The van der Waals surface area contributed by atoms with Crippen molar-refractivity contribution in [1.82, 2.24) is 4.98 Å². The zero-order valence-electron chi connectivity index (χ0n) is 9.40. The second kappa shape index (κ2) is 4.51. The number of anilines is 1. The topological polar surface area (TPSA) is 42.0 Å². The largest absolute Gasteiger partial charge is 0.463 e. The fourth-order valence-corrected chi connectivity index (χ4v) is 1.15. The summed E-state index contributed by atoms with van der Waals surface area (Å²) >= 11 is 0. The molecule has 100 valence electrons. The monoisotopic (exact) mass is 268 g/mol. The number of halogens is 5. The van der Waals surface area contributed by atoms with E-state index in [4.69, 9.17) is 0 Å². The van der Waals surface area contributed by atoms with Crippen molar-refractivity contribution in [3.05, 3.63) is 23.5 Å². The summed E-state index contributed by atoms with van der Waals surface area (Å²) in [6.07, 6.45) is -5.93. The van der Waals surface area contributed by atoms with Crippen LogP contribution in [0.4, 0.5) is 27.6 Å². The standard InChI is InChI=1S/C10H9F5N2O/c1-5-3-4-7(6(2)16-5)17-8(18)9(11,12)10(13,14)15/h3-4H,1-2H3,(H,17,18). The van der Waals surface area contributed by atoms with Crippen molar-refractivity contribution >= 4 is 11.6 Å². The van der Waals surface area contributed by atoms with Crippen molar-refractivity contribution in [1.29, 1.82) is 0 Å². The van der Waals surface area contributed by atoms with Crippen LogP contribution < -0.4 is 5.32 Å². The molecule has 1 heterocycles. The van der Waals surface area contributed by atoms with Crippen LogP contribution in [0.5, 0.6) is 0 Å². The highest BCUT2D eigenvalue weighted by molar-refractivity contribution is 5.97. The van der Waals surface area contributed by atoms with E-state index in [-0.39, 0.29) is 11.4 Å². The Balaban J connectivity index is 2.95. The van der Waals surface area contributed by atoms with Crippen molar-refractivity contribution in [2.24, 2.45) is 0 Å². The van der Waals surface area contributed by atoms with Crippen LogP contribution in [0, 0.1) is 13.8 Å². The molecule has 0 bridgehead atoms. The number of carbonyl (C=O) groups excluding carboxylic acids is 1. The minimum atomic E-state index is -5.93. The van der Waals surface area contributed by atoms with Crippen LogP contribution in [0.1, 0.15) is 11.4 Å². The number of nitrogens with zero attached hydrogens (tertiary/aromatic N) is 1. The number of carbonyl (C=O) groups is 1. The van der Waals surface area contributed by atoms with Crippen LogP contribution in [0.3, 0.4) is 0 Å². The van der Waals surface area contributed by atoms with Gasteiger partial charge in [0.15, 0.2) is 0 Å². The number of pyridine rings is 1. The Morgan fingerprint density at radius 1 is 1.17 bits per heavy atom. The number of aromatic nitrogens is 1. The quantitative estimate of drug-likeness (QED) is 0.838. The molecular weight excluding hydrogens is 259 g/mol. The third-order valence-electron chi connectivity index (χ3n) is 2.11. The summed E-state index contributed by atoms with van der Waals surface area (Å²) in [7, 11) is 0. The SMILES string of the molecule is Cc1ccc(NC(=O)C(F)(F)C(F)(F)F)c(C)n1. The number of hydrogen-bond donors (Lipinski definition) is 1. The molecule has 0 aliphatic carbocycles. The first kappa shape index (κ1) is 14.3. The molecule has 8 heteroatoms. The molecule has 0 saturated carbocycles. The summed E-state index contributed by atoms with van der Waals surface area (Å²) in [4.78, 5) is 14.7. The van der Waals surface area contributed by atoms with Crippen LogP contribution in [-0.4, -0.2) is 23.0 Å². The van der Waals surface area contributed by atoms with Crippen molar-refractivity contribution in [2.45, 2.75) is 25.9 Å². The van der Waals surface area contributed by atoms with E-state index >= 15 is 0 Å². The maximum atomic E-state index is 12.7. The molecule has 0 fully saturated rings. The molecule has 18 heavy (non-hydrogen) atoms. The summed E-state index contributed by atoms with van der Waals surface area (Å²) in [5.74, 6) is -7.87. The van der Waals surface area contributed by atoms with Crippen molar-refractivity contribution in [2.75, 3.05) is 5.32 Å². The van der Waals surface area contributed by atoms with Crippen molar-refractivity contribution < 1.29 is 26.7 Å². The summed E-state index contributed by atoms with van der Waals surface area (Å²) in [5, 5.41) is 1.51. The third kappa shape index (κ3) is 2.74. The van der Waals surface area contributed by atoms with E-state index in [1.54, 1.807) is 6.92 Å². The minimum absolute atomic E-state index is 0.154. The van der Waals surface area contributed by atoms with Gasteiger partial charge in [0.25, 0.3) is 0 Å². The average Bonchev–Trinajstić information content (AvgIpc) is 2.20. The van der Waals surface area contributed by atoms with E-state index in [9.17, 15) is 26.7 Å². The zero-order chi connectivity index (χ0) is 14.1. The molecular formula is C10H9F5N2O. The molecule has 0 saturated heterocycles. The van der Waals surface area contributed by atoms with Crippen molar-refractivity contribution in [3.8, 4) is 0 Å². The van der Waals surface area contributed by atoms with E-state index in [1.807, 2.05) is 0 Å². The molecule has 1 aromatic heterocycles. The van der Waals surface area contributed by atoms with Crippen molar-refractivity contribution in [3.63, 3.8) is 0 Å². The maximum absolute atomic E-state index is 12.7. The molecule has 1 aromatic rings. The van der Waals surface area contributed by atoms with Gasteiger partial charge >= 0.3 is 18.0 Å². The molecule has 1 amide bonds. The molecule has 1 rings (SSSR count). The molecule has 0 aliphatic heterocycles. The minimum Gasteiger partial charge on any atom is -0.319 e.